The number of fused-ring (bicyclic) bond motifs is 1. The Hall–Kier alpha value is -4.55. The number of amides is 2. The van der Waals surface area contributed by atoms with Gasteiger partial charge < -0.3 is 20.1 Å². The second-order valence-electron chi connectivity index (χ2n) is 9.51. The number of nitrogens with one attached hydrogen (secondary N) is 2. The van der Waals surface area contributed by atoms with Crippen molar-refractivity contribution in [2.45, 2.75) is 37.5 Å². The van der Waals surface area contributed by atoms with Crippen LogP contribution in [0.1, 0.15) is 31.2 Å². The van der Waals surface area contributed by atoms with Crippen molar-refractivity contribution in [1.82, 2.24) is 10.6 Å². The summed E-state index contributed by atoms with van der Waals surface area (Å²) in [5, 5.41) is 15.0. The smallest absolute Gasteiger partial charge is 0.295 e. The number of ether oxygens (including phenoxy) is 2. The number of nitrogens with zero attached hydrogens (tertiary/aromatic N) is 2. The molecule has 228 valence electrons. The van der Waals surface area contributed by atoms with E-state index in [9.17, 15) is 22.6 Å². The number of benzene rings is 3. The summed E-state index contributed by atoms with van der Waals surface area (Å²) in [6.45, 7) is 10.3. The number of hydrogen-bond donors (Lipinski definition) is 3. The average Bonchev–Trinajstić information content (AvgIpc) is 2.99. The molecule has 0 atom stereocenters. The molecular weight excluding hydrogens is 572 g/mol. The maximum Gasteiger partial charge on any atom is 0.295 e. The first-order valence-electron chi connectivity index (χ1n) is 13.8. The first-order chi connectivity index (χ1) is 20.6. The lowest BCUT2D eigenvalue weighted by molar-refractivity contribution is -0.117. The van der Waals surface area contributed by atoms with E-state index < -0.39 is 10.1 Å². The van der Waals surface area contributed by atoms with E-state index in [1.807, 2.05) is 19.1 Å². The van der Waals surface area contributed by atoms with Crippen LogP contribution in [-0.2, 0) is 19.7 Å². The highest BCUT2D eigenvalue weighted by atomic mass is 32.2. The standard InChI is InChI=1S/C31H36N4O7S/c1-4-29(36)32-16-8-10-18-41-26-15-14-22(3)20-25(26)34-35-31-24-13-7-6-12-23(24)28(43(38,39)40)21-27(31)42-19-11-9-17-33-30(37)5-2/h4-7,12-15,20-21H,1-2,8-11,16-19H2,3H3,(H,32,36)(H,33,37)(H,38,39,40). The molecule has 0 heterocycles. The minimum Gasteiger partial charge on any atom is -0.491 e. The fourth-order valence-electron chi connectivity index (χ4n) is 4.05. The molecule has 0 radical (unpaired) electrons. The van der Waals surface area contributed by atoms with Gasteiger partial charge in [0.15, 0.2) is 0 Å². The second-order valence-corrected chi connectivity index (χ2v) is 10.9. The Bertz CT molecular complexity index is 1600. The summed E-state index contributed by atoms with van der Waals surface area (Å²) in [5.74, 6) is 0.140. The molecule has 3 aromatic carbocycles. The van der Waals surface area contributed by atoms with Crippen molar-refractivity contribution < 1.29 is 32.0 Å². The van der Waals surface area contributed by atoms with Crippen LogP contribution in [0.4, 0.5) is 11.4 Å². The first-order valence-corrected chi connectivity index (χ1v) is 15.2. The van der Waals surface area contributed by atoms with E-state index in [1.165, 1.54) is 18.2 Å². The maximum absolute atomic E-state index is 12.3. The van der Waals surface area contributed by atoms with Crippen LogP contribution in [0.25, 0.3) is 10.8 Å². The minimum atomic E-state index is -4.58. The van der Waals surface area contributed by atoms with E-state index in [0.717, 1.165) is 12.0 Å². The summed E-state index contributed by atoms with van der Waals surface area (Å²) in [6.07, 6.45) is 4.99. The molecule has 3 rings (SSSR count). The van der Waals surface area contributed by atoms with Gasteiger partial charge in [0.25, 0.3) is 10.1 Å². The number of aryl methyl sites for hydroxylation is 1. The summed E-state index contributed by atoms with van der Waals surface area (Å²) < 4.78 is 46.4. The van der Waals surface area contributed by atoms with Crippen molar-refractivity contribution in [3.63, 3.8) is 0 Å². The summed E-state index contributed by atoms with van der Waals surface area (Å²) in [6, 6.07) is 13.4. The van der Waals surface area contributed by atoms with Crippen molar-refractivity contribution in [2.75, 3.05) is 26.3 Å². The van der Waals surface area contributed by atoms with Crippen molar-refractivity contribution in [2.24, 2.45) is 10.2 Å². The topological polar surface area (TPSA) is 156 Å². The number of carbonyl (C=O) groups excluding carboxylic acids is 2. The lowest BCUT2D eigenvalue weighted by Crippen LogP contribution is -2.22. The number of hydrogen-bond acceptors (Lipinski definition) is 8. The maximum atomic E-state index is 12.3. The number of carbonyl (C=O) groups is 2. The molecule has 3 N–H and O–H groups in total. The Balaban J connectivity index is 1.86. The Morgan fingerprint density at radius 1 is 0.837 bits per heavy atom. The molecule has 3 aromatic rings. The number of azo groups is 1. The number of rotatable bonds is 17. The predicted octanol–water partition coefficient (Wildman–Crippen LogP) is 5.73. The molecule has 11 nitrogen and oxygen atoms in total. The molecule has 43 heavy (non-hydrogen) atoms. The van der Waals surface area contributed by atoms with Crippen LogP contribution in [0, 0.1) is 6.92 Å². The zero-order valence-corrected chi connectivity index (χ0v) is 24.9. The molecular formula is C31H36N4O7S. The summed E-state index contributed by atoms with van der Waals surface area (Å²) in [5.41, 5.74) is 1.68. The van der Waals surface area contributed by atoms with Crippen LogP contribution in [0.15, 0.2) is 89.0 Å². The van der Waals surface area contributed by atoms with Gasteiger partial charge in [0.2, 0.25) is 11.8 Å². The molecule has 0 aliphatic heterocycles. The van der Waals surface area contributed by atoms with Gasteiger partial charge in [0.05, 0.1) is 13.2 Å². The fraction of sp³-hybridized carbons (Fsp3) is 0.290. The van der Waals surface area contributed by atoms with Crippen LogP contribution in [0.2, 0.25) is 0 Å². The van der Waals surface area contributed by atoms with Crippen LogP contribution >= 0.6 is 0 Å². The Morgan fingerprint density at radius 2 is 1.42 bits per heavy atom. The fourth-order valence-corrected chi connectivity index (χ4v) is 4.76. The zero-order chi connectivity index (χ0) is 31.2. The predicted molar refractivity (Wildman–Crippen MR) is 165 cm³/mol. The molecule has 0 saturated carbocycles. The molecule has 0 aliphatic rings. The highest BCUT2D eigenvalue weighted by Gasteiger charge is 2.21. The first kappa shape index (κ1) is 33.0. The van der Waals surface area contributed by atoms with Gasteiger partial charge in [-0.15, -0.1) is 10.2 Å². The Morgan fingerprint density at radius 3 is 2.00 bits per heavy atom. The van der Waals surface area contributed by atoms with Crippen LogP contribution < -0.4 is 20.1 Å². The molecule has 0 aromatic heterocycles. The largest absolute Gasteiger partial charge is 0.491 e. The van der Waals surface area contributed by atoms with E-state index in [-0.39, 0.29) is 40.1 Å². The van der Waals surface area contributed by atoms with E-state index in [1.54, 1.807) is 30.3 Å². The third-order valence-electron chi connectivity index (χ3n) is 6.22. The van der Waals surface area contributed by atoms with Crippen molar-refractivity contribution in [3.8, 4) is 11.5 Å². The van der Waals surface area contributed by atoms with Gasteiger partial charge in [0, 0.05) is 29.9 Å². The average molecular weight is 609 g/mol. The summed E-state index contributed by atoms with van der Waals surface area (Å²) in [7, 11) is -4.58. The van der Waals surface area contributed by atoms with Gasteiger partial charge in [-0.05, 0) is 62.5 Å². The second kappa shape index (κ2) is 16.2. The van der Waals surface area contributed by atoms with Gasteiger partial charge in [-0.2, -0.15) is 8.42 Å². The number of unbranched alkanes of at least 4 members (excludes halogenated alkanes) is 2. The molecule has 0 fully saturated rings. The van der Waals surface area contributed by atoms with Crippen molar-refractivity contribution in [3.05, 3.63) is 79.4 Å². The van der Waals surface area contributed by atoms with Crippen LogP contribution in [0.5, 0.6) is 11.5 Å². The molecule has 0 spiro atoms. The zero-order valence-electron chi connectivity index (χ0n) is 24.0. The quantitative estimate of drug-likeness (QED) is 0.0764. The highest BCUT2D eigenvalue weighted by molar-refractivity contribution is 7.86. The summed E-state index contributed by atoms with van der Waals surface area (Å²) in [4.78, 5) is 22.3. The minimum absolute atomic E-state index is 0.127. The van der Waals surface area contributed by atoms with E-state index in [2.05, 4.69) is 34.0 Å². The monoisotopic (exact) mass is 608 g/mol. The van der Waals surface area contributed by atoms with Gasteiger partial charge in [-0.1, -0.05) is 43.5 Å². The van der Waals surface area contributed by atoms with E-state index >= 15 is 0 Å². The van der Waals surface area contributed by atoms with Crippen LogP contribution in [0.3, 0.4) is 0 Å². The molecule has 0 bridgehead atoms. The normalized spacial score (nSPS) is 11.3. The third kappa shape index (κ3) is 10.0. The molecule has 0 unspecified atom stereocenters. The summed E-state index contributed by atoms with van der Waals surface area (Å²) >= 11 is 0. The van der Waals surface area contributed by atoms with Gasteiger partial charge in [0.1, 0.15) is 27.8 Å². The lowest BCUT2D eigenvalue weighted by Gasteiger charge is -2.14. The van der Waals surface area contributed by atoms with Crippen LogP contribution in [-0.4, -0.2) is 51.1 Å². The molecule has 12 heteroatoms. The van der Waals surface area contributed by atoms with E-state index in [0.29, 0.717) is 55.8 Å². The van der Waals surface area contributed by atoms with Gasteiger partial charge in [-0.25, -0.2) is 0 Å². The van der Waals surface area contributed by atoms with E-state index in [4.69, 9.17) is 9.47 Å². The molecule has 2 amide bonds. The van der Waals surface area contributed by atoms with Crippen molar-refractivity contribution >= 4 is 44.1 Å². The SMILES string of the molecule is C=CC(=O)NCCCCOc1ccc(C)cc1N=Nc1c(OCCCCNC(=O)C=C)cc(S(=O)(=O)O)c2ccccc12. The van der Waals surface area contributed by atoms with Gasteiger partial charge in [-0.3, -0.25) is 14.1 Å². The third-order valence-corrected chi connectivity index (χ3v) is 7.11. The Labute approximate surface area is 251 Å². The highest BCUT2D eigenvalue weighted by Crippen LogP contribution is 2.41. The van der Waals surface area contributed by atoms with Gasteiger partial charge >= 0.3 is 0 Å². The molecule has 0 saturated heterocycles. The van der Waals surface area contributed by atoms with Crippen molar-refractivity contribution in [1.29, 1.82) is 0 Å². The lowest BCUT2D eigenvalue weighted by atomic mass is 10.1. The molecule has 0 aliphatic carbocycles. The Kier molecular flexibility index (Phi) is 12.4.